The van der Waals surface area contributed by atoms with Gasteiger partial charge >= 0.3 is 7.12 Å². The summed E-state index contributed by atoms with van der Waals surface area (Å²) in [5.74, 6) is -0.539. The molecule has 0 atom stereocenters. The van der Waals surface area contributed by atoms with Crippen LogP contribution in [0.2, 0.25) is 5.02 Å². The Morgan fingerprint density at radius 1 is 1.21 bits per heavy atom. The Balaban J connectivity index is 2.43. The molecule has 100 valence electrons. The van der Waals surface area contributed by atoms with Crippen LogP contribution in [-0.2, 0) is 9.31 Å². The average Bonchev–Trinajstić information content (AvgIpc) is 2.48. The van der Waals surface area contributed by atoms with Crippen LogP contribution in [0.3, 0.4) is 0 Å². The highest BCUT2D eigenvalue weighted by atomic mass is 35.5. The molecule has 19 heavy (non-hydrogen) atoms. The number of nitriles is 1. The minimum absolute atomic E-state index is 0.0836. The maximum Gasteiger partial charge on any atom is 0.497 e. The summed E-state index contributed by atoms with van der Waals surface area (Å²) in [5.41, 5.74) is -0.722. The van der Waals surface area contributed by atoms with E-state index in [1.54, 1.807) is 0 Å². The number of hydrogen-bond donors (Lipinski definition) is 0. The largest absolute Gasteiger partial charge is 0.497 e. The van der Waals surface area contributed by atoms with Gasteiger partial charge in [0.1, 0.15) is 11.9 Å². The Morgan fingerprint density at radius 2 is 1.74 bits per heavy atom. The van der Waals surface area contributed by atoms with Gasteiger partial charge in [-0.05, 0) is 39.8 Å². The molecule has 1 aromatic carbocycles. The molecule has 0 radical (unpaired) electrons. The summed E-state index contributed by atoms with van der Waals surface area (Å²) in [6.07, 6.45) is 0. The van der Waals surface area contributed by atoms with Crippen LogP contribution in [0.1, 0.15) is 33.3 Å². The van der Waals surface area contributed by atoms with E-state index in [0.29, 0.717) is 0 Å². The van der Waals surface area contributed by atoms with Crippen molar-refractivity contribution in [2.24, 2.45) is 0 Å². The molecule has 0 spiro atoms. The molecule has 0 aliphatic carbocycles. The van der Waals surface area contributed by atoms with Crippen LogP contribution in [0.15, 0.2) is 12.1 Å². The van der Waals surface area contributed by atoms with Crippen molar-refractivity contribution >= 4 is 24.2 Å². The third-order valence-electron chi connectivity index (χ3n) is 3.71. The number of nitrogens with zero attached hydrogens (tertiary/aromatic N) is 1. The third kappa shape index (κ3) is 2.36. The van der Waals surface area contributed by atoms with E-state index in [1.165, 1.54) is 6.07 Å². The van der Waals surface area contributed by atoms with Gasteiger partial charge in [0.25, 0.3) is 0 Å². The van der Waals surface area contributed by atoms with Crippen LogP contribution < -0.4 is 5.46 Å². The van der Waals surface area contributed by atoms with E-state index in [4.69, 9.17) is 26.2 Å². The Kier molecular flexibility index (Phi) is 3.38. The summed E-state index contributed by atoms with van der Waals surface area (Å²) < 4.78 is 25.5. The van der Waals surface area contributed by atoms with Crippen molar-refractivity contribution in [3.05, 3.63) is 28.5 Å². The van der Waals surface area contributed by atoms with Crippen LogP contribution in [0.5, 0.6) is 0 Å². The molecule has 0 N–H and O–H groups in total. The molecule has 1 aliphatic rings. The standard InChI is InChI=1S/C13H14BClFNO2/c1-12(2)13(3,4)19-14(18-12)9-5-8(7-17)10(15)6-11(9)16/h5-6H,1-4H3. The van der Waals surface area contributed by atoms with Crippen LogP contribution in [-0.4, -0.2) is 18.3 Å². The first-order chi connectivity index (χ1) is 8.68. The molecule has 1 aliphatic heterocycles. The van der Waals surface area contributed by atoms with Crippen molar-refractivity contribution in [3.8, 4) is 6.07 Å². The lowest BCUT2D eigenvalue weighted by Gasteiger charge is -2.32. The molecule has 0 saturated carbocycles. The van der Waals surface area contributed by atoms with Gasteiger partial charge in [-0.1, -0.05) is 11.6 Å². The molecule has 3 nitrogen and oxygen atoms in total. The molecule has 0 aromatic heterocycles. The van der Waals surface area contributed by atoms with Crippen molar-refractivity contribution in [3.63, 3.8) is 0 Å². The summed E-state index contributed by atoms with van der Waals surface area (Å²) in [4.78, 5) is 0. The van der Waals surface area contributed by atoms with Crippen molar-refractivity contribution in [2.45, 2.75) is 38.9 Å². The highest BCUT2D eigenvalue weighted by Gasteiger charge is 2.52. The van der Waals surface area contributed by atoms with Crippen molar-refractivity contribution in [1.29, 1.82) is 5.26 Å². The van der Waals surface area contributed by atoms with Crippen LogP contribution in [0, 0.1) is 17.1 Å². The van der Waals surface area contributed by atoms with Gasteiger partial charge in [0.2, 0.25) is 0 Å². The molecular formula is C13H14BClFNO2. The van der Waals surface area contributed by atoms with Gasteiger partial charge in [0.05, 0.1) is 21.8 Å². The van der Waals surface area contributed by atoms with Gasteiger partial charge in [-0.3, -0.25) is 0 Å². The second kappa shape index (κ2) is 4.48. The molecule has 0 amide bonds. The fraction of sp³-hybridized carbons (Fsp3) is 0.462. The van der Waals surface area contributed by atoms with E-state index in [1.807, 2.05) is 33.8 Å². The third-order valence-corrected chi connectivity index (χ3v) is 4.03. The van der Waals surface area contributed by atoms with Gasteiger partial charge in [-0.25, -0.2) is 4.39 Å². The number of rotatable bonds is 1. The lowest BCUT2D eigenvalue weighted by atomic mass is 9.78. The summed E-state index contributed by atoms with van der Waals surface area (Å²) in [6.45, 7) is 7.52. The predicted octanol–water partition coefficient (Wildman–Crippen LogP) is 2.65. The minimum atomic E-state index is -0.839. The molecule has 0 bridgehead atoms. The van der Waals surface area contributed by atoms with Gasteiger partial charge < -0.3 is 9.31 Å². The zero-order valence-electron chi connectivity index (χ0n) is 11.3. The van der Waals surface area contributed by atoms with E-state index < -0.39 is 24.1 Å². The Labute approximate surface area is 117 Å². The lowest BCUT2D eigenvalue weighted by molar-refractivity contribution is 0.00578. The van der Waals surface area contributed by atoms with Crippen LogP contribution in [0.25, 0.3) is 0 Å². The monoisotopic (exact) mass is 281 g/mol. The maximum absolute atomic E-state index is 14.0. The zero-order chi connectivity index (χ0) is 14.4. The topological polar surface area (TPSA) is 42.2 Å². The summed E-state index contributed by atoms with van der Waals surface area (Å²) in [5, 5.41) is 9.03. The Bertz CT molecular complexity index is 552. The smallest absolute Gasteiger partial charge is 0.399 e. The SMILES string of the molecule is CC1(C)OB(c2cc(C#N)c(Cl)cc2F)OC1(C)C. The first kappa shape index (κ1) is 14.3. The quantitative estimate of drug-likeness (QED) is 0.743. The van der Waals surface area contributed by atoms with Gasteiger partial charge in [0, 0.05) is 5.46 Å². The van der Waals surface area contributed by atoms with E-state index in [-0.39, 0.29) is 16.0 Å². The zero-order valence-corrected chi connectivity index (χ0v) is 12.0. The molecule has 1 saturated heterocycles. The first-order valence-electron chi connectivity index (χ1n) is 5.92. The first-order valence-corrected chi connectivity index (χ1v) is 6.30. The molecule has 2 rings (SSSR count). The van der Waals surface area contributed by atoms with Crippen LogP contribution >= 0.6 is 11.6 Å². The summed E-state index contributed by atoms with van der Waals surface area (Å²) >= 11 is 5.78. The number of benzene rings is 1. The Hall–Kier alpha value is -1.09. The fourth-order valence-electron chi connectivity index (χ4n) is 1.80. The molecular weight excluding hydrogens is 267 g/mol. The Morgan fingerprint density at radius 3 is 2.21 bits per heavy atom. The van der Waals surface area contributed by atoms with Gasteiger partial charge in [-0.2, -0.15) is 5.26 Å². The van der Waals surface area contributed by atoms with Crippen molar-refractivity contribution in [2.75, 3.05) is 0 Å². The maximum atomic E-state index is 14.0. The van der Waals surface area contributed by atoms with Crippen molar-refractivity contribution < 1.29 is 13.7 Å². The predicted molar refractivity (Wildman–Crippen MR) is 71.8 cm³/mol. The van der Waals surface area contributed by atoms with E-state index in [0.717, 1.165) is 6.07 Å². The summed E-state index contributed by atoms with van der Waals surface area (Å²) in [6, 6.07) is 4.40. The molecule has 6 heteroatoms. The fourth-order valence-corrected chi connectivity index (χ4v) is 1.99. The molecule has 1 heterocycles. The number of hydrogen-bond acceptors (Lipinski definition) is 3. The molecule has 1 fully saturated rings. The minimum Gasteiger partial charge on any atom is -0.399 e. The molecule has 0 unspecified atom stereocenters. The second-order valence-electron chi connectivity index (χ2n) is 5.55. The van der Waals surface area contributed by atoms with Gasteiger partial charge in [0.15, 0.2) is 0 Å². The van der Waals surface area contributed by atoms with Crippen LogP contribution in [0.4, 0.5) is 4.39 Å². The van der Waals surface area contributed by atoms with E-state index >= 15 is 0 Å². The van der Waals surface area contributed by atoms with Gasteiger partial charge in [-0.15, -0.1) is 0 Å². The number of halogens is 2. The highest BCUT2D eigenvalue weighted by Crippen LogP contribution is 2.36. The molecule has 1 aromatic rings. The van der Waals surface area contributed by atoms with E-state index in [2.05, 4.69) is 0 Å². The lowest BCUT2D eigenvalue weighted by Crippen LogP contribution is -2.41. The normalized spacial score (nSPS) is 20.4. The van der Waals surface area contributed by atoms with Crippen molar-refractivity contribution in [1.82, 2.24) is 0 Å². The highest BCUT2D eigenvalue weighted by molar-refractivity contribution is 6.62. The summed E-state index contributed by atoms with van der Waals surface area (Å²) in [7, 11) is -0.839. The second-order valence-corrected chi connectivity index (χ2v) is 5.96. The average molecular weight is 282 g/mol. The van der Waals surface area contributed by atoms with E-state index in [9.17, 15) is 4.39 Å².